The van der Waals surface area contributed by atoms with Crippen LogP contribution in [-0.4, -0.2) is 41.7 Å². The number of rotatable bonds is 13. The fourth-order valence-electron chi connectivity index (χ4n) is 2.83. The van der Waals surface area contributed by atoms with Crippen LogP contribution in [0.3, 0.4) is 0 Å². The van der Waals surface area contributed by atoms with Crippen molar-refractivity contribution < 1.29 is 33.6 Å². The van der Waals surface area contributed by atoms with Crippen molar-refractivity contribution in [2.75, 3.05) is 13.2 Å². The number of ketones is 1. The number of ether oxygens (including phenoxy) is 2. The number of hydrazine groups is 1. The van der Waals surface area contributed by atoms with E-state index in [1.165, 1.54) is 12.1 Å². The molecule has 0 aliphatic carbocycles. The Morgan fingerprint density at radius 1 is 0.886 bits per heavy atom. The summed E-state index contributed by atoms with van der Waals surface area (Å²) in [7, 11) is 0. The first-order valence-corrected chi connectivity index (χ1v) is 11.1. The Hall–Kier alpha value is -4.28. The van der Waals surface area contributed by atoms with E-state index in [0.717, 1.165) is 31.4 Å². The van der Waals surface area contributed by atoms with Crippen molar-refractivity contribution >= 4 is 29.3 Å². The highest BCUT2D eigenvalue weighted by Crippen LogP contribution is 2.15. The lowest BCUT2D eigenvalue weighted by atomic mass is 10.1. The summed E-state index contributed by atoms with van der Waals surface area (Å²) >= 11 is 0. The Bertz CT molecular complexity index is 1040. The van der Waals surface area contributed by atoms with Crippen molar-refractivity contribution in [2.45, 2.75) is 39.0 Å². The molecule has 186 valence electrons. The van der Waals surface area contributed by atoms with Crippen molar-refractivity contribution in [3.05, 3.63) is 69.8 Å². The number of hydrogen-bond donors (Lipinski definition) is 2. The molecule has 0 saturated carbocycles. The number of non-ortho nitro benzene ring substituents is 1. The molecule has 0 spiro atoms. The van der Waals surface area contributed by atoms with Crippen LogP contribution in [0.15, 0.2) is 48.5 Å². The van der Waals surface area contributed by atoms with E-state index < -0.39 is 29.3 Å². The zero-order valence-electron chi connectivity index (χ0n) is 19.3. The summed E-state index contributed by atoms with van der Waals surface area (Å²) in [5.41, 5.74) is 4.51. The van der Waals surface area contributed by atoms with Crippen LogP contribution >= 0.6 is 0 Å². The van der Waals surface area contributed by atoms with E-state index >= 15 is 0 Å². The number of Topliss-reactive ketones (excluding diaryl/α,β-unsaturated/α-hetero) is 1. The predicted octanol–water partition coefficient (Wildman–Crippen LogP) is 3.13. The Labute approximate surface area is 201 Å². The maximum Gasteiger partial charge on any atom is 0.306 e. The smallest absolute Gasteiger partial charge is 0.306 e. The Morgan fingerprint density at radius 3 is 2.17 bits per heavy atom. The Kier molecular flexibility index (Phi) is 10.9. The Morgan fingerprint density at radius 2 is 1.54 bits per heavy atom. The fraction of sp³-hybridized carbons (Fsp3) is 0.333. The van der Waals surface area contributed by atoms with Gasteiger partial charge in [-0.1, -0.05) is 19.8 Å². The number of nitrogens with zero attached hydrogens (tertiary/aromatic N) is 1. The summed E-state index contributed by atoms with van der Waals surface area (Å²) in [5.74, 6) is -1.83. The molecule has 2 amide bonds. The first kappa shape index (κ1) is 27.0. The fourth-order valence-corrected chi connectivity index (χ4v) is 2.83. The van der Waals surface area contributed by atoms with Gasteiger partial charge in [0.1, 0.15) is 5.75 Å². The van der Waals surface area contributed by atoms with Crippen molar-refractivity contribution in [1.82, 2.24) is 10.9 Å². The van der Waals surface area contributed by atoms with E-state index in [1.807, 2.05) is 0 Å². The summed E-state index contributed by atoms with van der Waals surface area (Å²) in [6.45, 7) is 2.07. The normalized spacial score (nSPS) is 10.2. The van der Waals surface area contributed by atoms with Crippen LogP contribution in [0, 0.1) is 10.1 Å². The average molecular weight is 485 g/mol. The maximum absolute atomic E-state index is 12.3. The second-order valence-corrected chi connectivity index (χ2v) is 7.47. The van der Waals surface area contributed by atoms with Crippen molar-refractivity contribution in [1.29, 1.82) is 0 Å². The molecule has 0 aromatic heterocycles. The molecule has 11 nitrogen and oxygen atoms in total. The number of nitro groups is 1. The first-order valence-electron chi connectivity index (χ1n) is 11.1. The number of carbonyl (C=O) groups excluding carboxylic acids is 4. The van der Waals surface area contributed by atoms with Crippen molar-refractivity contribution in [3.8, 4) is 5.75 Å². The summed E-state index contributed by atoms with van der Waals surface area (Å²) in [6, 6.07) is 11.4. The van der Waals surface area contributed by atoms with Gasteiger partial charge in [-0.05, 0) is 42.8 Å². The highest BCUT2D eigenvalue weighted by molar-refractivity contribution is 5.98. The number of carbonyl (C=O) groups is 4. The van der Waals surface area contributed by atoms with Gasteiger partial charge in [0.25, 0.3) is 17.5 Å². The third-order valence-corrected chi connectivity index (χ3v) is 4.77. The van der Waals surface area contributed by atoms with Crippen LogP contribution in [-0.2, 0) is 14.3 Å². The second-order valence-electron chi connectivity index (χ2n) is 7.47. The lowest BCUT2D eigenvalue weighted by Crippen LogP contribution is -2.43. The maximum atomic E-state index is 12.3. The largest absolute Gasteiger partial charge is 0.494 e. The van der Waals surface area contributed by atoms with E-state index in [0.29, 0.717) is 17.9 Å². The number of unbranched alkanes of at least 4 members (excludes halogenated alkanes) is 2. The number of amides is 2. The zero-order chi connectivity index (χ0) is 25.6. The number of hydrogen-bond acceptors (Lipinski definition) is 8. The van der Waals surface area contributed by atoms with Gasteiger partial charge in [-0.3, -0.25) is 40.1 Å². The quantitative estimate of drug-likeness (QED) is 0.144. The second kappa shape index (κ2) is 14.1. The molecule has 0 aliphatic rings. The first-order chi connectivity index (χ1) is 16.8. The molecule has 0 radical (unpaired) electrons. The molecule has 0 bridgehead atoms. The number of esters is 1. The Balaban J connectivity index is 1.66. The molecule has 0 aliphatic heterocycles. The van der Waals surface area contributed by atoms with Gasteiger partial charge in [-0.15, -0.1) is 0 Å². The van der Waals surface area contributed by atoms with Crippen LogP contribution in [0.1, 0.15) is 59.7 Å². The molecule has 11 heteroatoms. The standard InChI is InChI=1S/C24H27N3O8/c1-2-3-4-15-34-20-11-7-17(8-12-20)21(28)13-14-23(30)35-16-22(29)25-26-24(31)18-5-9-19(10-6-18)27(32)33/h5-12H,2-4,13-16H2,1H3,(H,25,29)(H,26,31). The van der Waals surface area contributed by atoms with Gasteiger partial charge in [0.15, 0.2) is 12.4 Å². The molecule has 35 heavy (non-hydrogen) atoms. The summed E-state index contributed by atoms with van der Waals surface area (Å²) in [6.07, 6.45) is 2.85. The number of benzene rings is 2. The third-order valence-electron chi connectivity index (χ3n) is 4.77. The monoisotopic (exact) mass is 485 g/mol. The van der Waals surface area contributed by atoms with Crippen LogP contribution in [0.5, 0.6) is 5.75 Å². The molecule has 2 aromatic rings. The minimum atomic E-state index is -0.797. The predicted molar refractivity (Wildman–Crippen MR) is 125 cm³/mol. The summed E-state index contributed by atoms with van der Waals surface area (Å²) in [5, 5.41) is 10.6. The lowest BCUT2D eigenvalue weighted by Gasteiger charge is -2.08. The van der Waals surface area contributed by atoms with Gasteiger partial charge in [0.05, 0.1) is 18.0 Å². The molecule has 2 rings (SSSR count). The van der Waals surface area contributed by atoms with Crippen molar-refractivity contribution in [3.63, 3.8) is 0 Å². The molecule has 0 unspecified atom stereocenters. The molecule has 0 saturated heterocycles. The lowest BCUT2D eigenvalue weighted by molar-refractivity contribution is -0.384. The minimum absolute atomic E-state index is 0.0856. The van der Waals surface area contributed by atoms with Gasteiger partial charge >= 0.3 is 5.97 Å². The van der Waals surface area contributed by atoms with Crippen LogP contribution in [0.25, 0.3) is 0 Å². The molecule has 0 fully saturated rings. The van der Waals surface area contributed by atoms with Gasteiger partial charge < -0.3 is 9.47 Å². The minimum Gasteiger partial charge on any atom is -0.494 e. The van der Waals surface area contributed by atoms with E-state index in [2.05, 4.69) is 17.8 Å². The van der Waals surface area contributed by atoms with Crippen LogP contribution in [0.4, 0.5) is 5.69 Å². The van der Waals surface area contributed by atoms with E-state index in [9.17, 15) is 29.3 Å². The molecule has 0 heterocycles. The topological polar surface area (TPSA) is 154 Å². The molecule has 0 atom stereocenters. The zero-order valence-corrected chi connectivity index (χ0v) is 19.3. The number of nitrogens with one attached hydrogen (secondary N) is 2. The van der Waals surface area contributed by atoms with E-state index in [-0.39, 0.29) is 29.9 Å². The van der Waals surface area contributed by atoms with Gasteiger partial charge in [0, 0.05) is 29.7 Å². The summed E-state index contributed by atoms with van der Waals surface area (Å²) < 4.78 is 10.4. The van der Waals surface area contributed by atoms with Crippen molar-refractivity contribution in [2.24, 2.45) is 0 Å². The highest BCUT2D eigenvalue weighted by Gasteiger charge is 2.14. The SMILES string of the molecule is CCCCCOc1ccc(C(=O)CCC(=O)OCC(=O)NNC(=O)c2ccc([N+](=O)[O-])cc2)cc1. The highest BCUT2D eigenvalue weighted by atomic mass is 16.6. The molecular formula is C24H27N3O8. The van der Waals surface area contributed by atoms with E-state index in [4.69, 9.17) is 9.47 Å². The third kappa shape index (κ3) is 9.62. The molecular weight excluding hydrogens is 458 g/mol. The molecule has 2 N–H and O–H groups in total. The average Bonchev–Trinajstić information content (AvgIpc) is 2.87. The van der Waals surface area contributed by atoms with Crippen LogP contribution in [0.2, 0.25) is 0 Å². The van der Waals surface area contributed by atoms with Gasteiger partial charge in [0.2, 0.25) is 0 Å². The summed E-state index contributed by atoms with van der Waals surface area (Å²) in [4.78, 5) is 57.8. The number of nitro benzene ring substituents is 1. The van der Waals surface area contributed by atoms with Crippen LogP contribution < -0.4 is 15.6 Å². The van der Waals surface area contributed by atoms with E-state index in [1.54, 1.807) is 24.3 Å². The molecule has 2 aromatic carbocycles. The van der Waals surface area contributed by atoms with Gasteiger partial charge in [-0.25, -0.2) is 0 Å². The van der Waals surface area contributed by atoms with Gasteiger partial charge in [-0.2, -0.15) is 0 Å².